The van der Waals surface area contributed by atoms with E-state index in [2.05, 4.69) is 5.32 Å². The zero-order valence-electron chi connectivity index (χ0n) is 17.2. The van der Waals surface area contributed by atoms with Crippen molar-refractivity contribution < 1.29 is 36.7 Å². The Bertz CT molecular complexity index is 1220. The second kappa shape index (κ2) is 8.71. The highest BCUT2D eigenvalue weighted by atomic mass is 35.5. The van der Waals surface area contributed by atoms with E-state index < -0.39 is 58.3 Å². The van der Waals surface area contributed by atoms with Gasteiger partial charge in [-0.15, -0.1) is 0 Å². The number of alkyl halides is 3. The zero-order chi connectivity index (χ0) is 24.8. The molecule has 34 heavy (non-hydrogen) atoms. The molecule has 2 atom stereocenters. The number of halogens is 5. The van der Waals surface area contributed by atoms with Crippen molar-refractivity contribution in [3.63, 3.8) is 0 Å². The third-order valence-electron chi connectivity index (χ3n) is 5.66. The molecule has 0 aromatic heterocycles. The van der Waals surface area contributed by atoms with Gasteiger partial charge in [-0.2, -0.15) is 13.2 Å². The highest BCUT2D eigenvalue weighted by molar-refractivity contribution is 6.31. The maximum absolute atomic E-state index is 13.7. The van der Waals surface area contributed by atoms with Gasteiger partial charge in [0.15, 0.2) is 6.04 Å². The van der Waals surface area contributed by atoms with Gasteiger partial charge in [0.2, 0.25) is 11.8 Å². The maximum Gasteiger partial charge on any atom is 0.412 e. The Morgan fingerprint density at radius 3 is 2.53 bits per heavy atom. The summed E-state index contributed by atoms with van der Waals surface area (Å²) in [4.78, 5) is 50.2. The first-order chi connectivity index (χ1) is 16.0. The minimum absolute atomic E-state index is 0.0476. The molecule has 0 spiro atoms. The van der Waals surface area contributed by atoms with Gasteiger partial charge in [-0.05, 0) is 42.3 Å². The first-order valence-electron chi connectivity index (χ1n) is 10.1. The largest absolute Gasteiger partial charge is 0.412 e. The van der Waals surface area contributed by atoms with E-state index in [1.165, 1.54) is 23.1 Å². The maximum atomic E-state index is 13.7. The number of imide groups is 1. The van der Waals surface area contributed by atoms with Gasteiger partial charge in [-0.25, -0.2) is 4.39 Å². The quantitative estimate of drug-likeness (QED) is 0.500. The lowest BCUT2D eigenvalue weighted by molar-refractivity contribution is -0.155. The molecule has 1 saturated heterocycles. The van der Waals surface area contributed by atoms with Crippen molar-refractivity contribution in [2.75, 3.05) is 0 Å². The monoisotopic (exact) mass is 497 g/mol. The molecule has 1 unspecified atom stereocenters. The third kappa shape index (κ3) is 4.47. The summed E-state index contributed by atoms with van der Waals surface area (Å²) in [6, 6.07) is 2.76. The average molecular weight is 498 g/mol. The van der Waals surface area contributed by atoms with E-state index in [0.29, 0.717) is 11.6 Å². The summed E-state index contributed by atoms with van der Waals surface area (Å²) in [5.41, 5.74) is -0.116. The van der Waals surface area contributed by atoms with Crippen molar-refractivity contribution >= 4 is 35.2 Å². The lowest BCUT2D eigenvalue weighted by atomic mass is 10.0. The number of nitrogens with zero attached hydrogens (tertiary/aromatic N) is 1. The van der Waals surface area contributed by atoms with Crippen molar-refractivity contribution in [2.24, 2.45) is 0 Å². The van der Waals surface area contributed by atoms with Gasteiger partial charge in [-0.1, -0.05) is 17.7 Å². The molecule has 0 bridgehead atoms. The summed E-state index contributed by atoms with van der Waals surface area (Å²) >= 11 is 5.78. The Kier molecular flexibility index (Phi) is 6.07. The molecular formula is C22H16ClF4N3O4. The Hall–Kier alpha value is -3.47. The number of carbonyl (C=O) groups is 4. The van der Waals surface area contributed by atoms with Gasteiger partial charge >= 0.3 is 6.18 Å². The summed E-state index contributed by atoms with van der Waals surface area (Å²) in [7, 11) is 0. The van der Waals surface area contributed by atoms with Crippen LogP contribution in [0.3, 0.4) is 0 Å². The SMILES string of the molecule is O=C1CCC(N2Cc3cc(C(=O)N[C@H](c4ccc(F)cc4Cl)C(F)(F)F)ccc3C2=O)C(=O)N1. The number of benzene rings is 2. The van der Waals surface area contributed by atoms with Crippen molar-refractivity contribution in [3.05, 3.63) is 69.5 Å². The minimum Gasteiger partial charge on any atom is -0.337 e. The zero-order valence-corrected chi connectivity index (χ0v) is 18.0. The van der Waals surface area contributed by atoms with Crippen LogP contribution in [-0.2, 0) is 16.1 Å². The van der Waals surface area contributed by atoms with Gasteiger partial charge in [0, 0.05) is 34.7 Å². The molecule has 0 radical (unpaired) electrons. The number of rotatable bonds is 4. The molecule has 12 heteroatoms. The average Bonchev–Trinajstić information content (AvgIpc) is 3.07. The van der Waals surface area contributed by atoms with Gasteiger partial charge in [0.1, 0.15) is 11.9 Å². The molecule has 2 aromatic carbocycles. The van der Waals surface area contributed by atoms with Crippen LogP contribution in [-0.4, -0.2) is 40.7 Å². The molecule has 2 N–H and O–H groups in total. The molecule has 2 heterocycles. The standard InChI is InChI=1S/C22H16ClF4N3O4/c23-15-8-12(24)2-4-14(15)18(22(25,26)27)29-19(32)10-1-3-13-11(7-10)9-30(21(13)34)16-5-6-17(31)28-20(16)33/h1-4,7-8,16,18H,5-6,9H2,(H,29,32)(H,28,31,33)/t16?,18-/m1/s1. The Balaban J connectivity index is 1.56. The fourth-order valence-corrected chi connectivity index (χ4v) is 4.28. The number of amides is 4. The van der Waals surface area contributed by atoms with Crippen LogP contribution in [0, 0.1) is 5.82 Å². The van der Waals surface area contributed by atoms with Gasteiger partial charge in [0.25, 0.3) is 11.8 Å². The van der Waals surface area contributed by atoms with E-state index >= 15 is 0 Å². The number of piperidine rings is 1. The predicted molar refractivity (Wildman–Crippen MR) is 110 cm³/mol. The molecule has 178 valence electrons. The molecule has 0 saturated carbocycles. The fourth-order valence-electron chi connectivity index (χ4n) is 4.00. The summed E-state index contributed by atoms with van der Waals surface area (Å²) in [5, 5.41) is 3.54. The van der Waals surface area contributed by atoms with Crippen LogP contribution in [0.2, 0.25) is 5.02 Å². The molecule has 1 fully saturated rings. The Labute approximate surface area is 195 Å². The van der Waals surface area contributed by atoms with Crippen LogP contribution in [0.15, 0.2) is 36.4 Å². The van der Waals surface area contributed by atoms with E-state index in [1.807, 2.05) is 5.32 Å². The molecule has 0 aliphatic carbocycles. The first kappa shape index (κ1) is 23.7. The van der Waals surface area contributed by atoms with Crippen molar-refractivity contribution in [1.29, 1.82) is 0 Å². The lowest BCUT2D eigenvalue weighted by Crippen LogP contribution is -2.52. The molecular weight excluding hydrogens is 482 g/mol. The first-order valence-corrected chi connectivity index (χ1v) is 10.4. The van der Waals surface area contributed by atoms with Crippen LogP contribution >= 0.6 is 11.6 Å². The summed E-state index contributed by atoms with van der Waals surface area (Å²) in [5.74, 6) is -3.45. The molecule has 2 aromatic rings. The topological polar surface area (TPSA) is 95.6 Å². The molecule has 4 amide bonds. The molecule has 2 aliphatic rings. The second-order valence-electron chi connectivity index (χ2n) is 7.89. The summed E-state index contributed by atoms with van der Waals surface area (Å²) in [6.45, 7) is -0.0476. The number of hydrogen-bond acceptors (Lipinski definition) is 4. The number of carbonyl (C=O) groups excluding carboxylic acids is 4. The smallest absolute Gasteiger partial charge is 0.337 e. The minimum atomic E-state index is -4.92. The third-order valence-corrected chi connectivity index (χ3v) is 5.99. The predicted octanol–water partition coefficient (Wildman–Crippen LogP) is 3.27. The highest BCUT2D eigenvalue weighted by Crippen LogP contribution is 2.37. The Morgan fingerprint density at radius 2 is 1.88 bits per heavy atom. The van der Waals surface area contributed by atoms with E-state index in [-0.39, 0.29) is 30.5 Å². The van der Waals surface area contributed by atoms with Crippen molar-refractivity contribution in [2.45, 2.75) is 37.6 Å². The number of fused-ring (bicyclic) bond motifs is 1. The normalized spacial score (nSPS) is 19.0. The number of hydrogen-bond donors (Lipinski definition) is 2. The van der Waals surface area contributed by atoms with Gasteiger partial charge < -0.3 is 10.2 Å². The Morgan fingerprint density at radius 1 is 1.15 bits per heavy atom. The van der Waals surface area contributed by atoms with Gasteiger partial charge in [-0.3, -0.25) is 24.5 Å². The lowest BCUT2D eigenvalue weighted by Gasteiger charge is -2.29. The van der Waals surface area contributed by atoms with Crippen LogP contribution in [0.4, 0.5) is 17.6 Å². The number of nitrogens with one attached hydrogen (secondary N) is 2. The van der Waals surface area contributed by atoms with Gasteiger partial charge in [0.05, 0.1) is 0 Å². The van der Waals surface area contributed by atoms with E-state index in [0.717, 1.165) is 12.1 Å². The van der Waals surface area contributed by atoms with Crippen LogP contribution in [0.25, 0.3) is 0 Å². The second-order valence-corrected chi connectivity index (χ2v) is 8.29. The van der Waals surface area contributed by atoms with E-state index in [1.54, 1.807) is 0 Å². The van der Waals surface area contributed by atoms with E-state index in [4.69, 9.17) is 11.6 Å². The van der Waals surface area contributed by atoms with Crippen LogP contribution in [0.1, 0.15) is 50.7 Å². The van der Waals surface area contributed by atoms with Crippen molar-refractivity contribution in [3.8, 4) is 0 Å². The summed E-state index contributed by atoms with van der Waals surface area (Å²) in [6.07, 6.45) is -4.72. The van der Waals surface area contributed by atoms with E-state index in [9.17, 15) is 36.7 Å². The van der Waals surface area contributed by atoms with Crippen LogP contribution < -0.4 is 10.6 Å². The van der Waals surface area contributed by atoms with Crippen molar-refractivity contribution in [1.82, 2.24) is 15.5 Å². The fraction of sp³-hybridized carbons (Fsp3) is 0.273. The molecule has 2 aliphatic heterocycles. The highest BCUT2D eigenvalue weighted by Gasteiger charge is 2.43. The molecule has 4 rings (SSSR count). The van der Waals surface area contributed by atoms with Crippen LogP contribution in [0.5, 0.6) is 0 Å². The molecule has 7 nitrogen and oxygen atoms in total. The summed E-state index contributed by atoms with van der Waals surface area (Å²) < 4.78 is 54.3.